The smallest absolute Gasteiger partial charge is 0.250 e. The summed E-state index contributed by atoms with van der Waals surface area (Å²) in [6.45, 7) is 4.88. The number of pyridine rings is 1. The van der Waals surface area contributed by atoms with Crippen LogP contribution in [0, 0.1) is 13.8 Å². The Morgan fingerprint density at radius 2 is 1.88 bits per heavy atom. The molecule has 0 atom stereocenters. The number of hydrogen-bond donors (Lipinski definition) is 1. The fraction of sp³-hybridized carbons (Fsp3) is 0.300. The van der Waals surface area contributed by atoms with Crippen LogP contribution in [0.2, 0.25) is 0 Å². The summed E-state index contributed by atoms with van der Waals surface area (Å²) in [6, 6.07) is 13.3. The van der Waals surface area contributed by atoms with Crippen molar-refractivity contribution in [2.24, 2.45) is 0 Å². The second-order valence-corrected chi connectivity index (χ2v) is 6.43. The molecule has 2 aromatic heterocycles. The van der Waals surface area contributed by atoms with E-state index in [1.807, 2.05) is 31.2 Å². The van der Waals surface area contributed by atoms with E-state index in [0.717, 1.165) is 16.9 Å². The third kappa shape index (κ3) is 3.50. The number of fused-ring (bicyclic) bond motifs is 1. The molecule has 0 saturated carbocycles. The number of H-pyrrole nitrogens is 1. The van der Waals surface area contributed by atoms with Gasteiger partial charge in [0.15, 0.2) is 0 Å². The number of rotatable bonds is 5. The number of aromatic nitrogens is 2. The second-order valence-electron chi connectivity index (χ2n) is 6.43. The number of carbonyl (C=O) groups is 1. The highest BCUT2D eigenvalue weighted by Crippen LogP contribution is 2.22. The summed E-state index contributed by atoms with van der Waals surface area (Å²) in [7, 11) is 1.80. The monoisotopic (exact) mass is 337 g/mol. The number of nitrogens with zero attached hydrogens (tertiary/aromatic N) is 2. The van der Waals surface area contributed by atoms with Gasteiger partial charge in [0.05, 0.1) is 6.54 Å². The molecule has 25 heavy (non-hydrogen) atoms. The van der Waals surface area contributed by atoms with E-state index < -0.39 is 0 Å². The van der Waals surface area contributed by atoms with Crippen LogP contribution in [0.1, 0.15) is 23.4 Å². The Morgan fingerprint density at radius 3 is 2.60 bits per heavy atom. The van der Waals surface area contributed by atoms with Gasteiger partial charge in [0.2, 0.25) is 5.91 Å². The van der Waals surface area contributed by atoms with E-state index in [1.54, 1.807) is 22.6 Å². The van der Waals surface area contributed by atoms with Gasteiger partial charge in [0.25, 0.3) is 5.56 Å². The minimum absolute atomic E-state index is 0.0215. The Bertz CT molecular complexity index is 968. The lowest BCUT2D eigenvalue weighted by Gasteiger charge is -2.18. The minimum Gasteiger partial charge on any atom is -0.357 e. The van der Waals surface area contributed by atoms with Gasteiger partial charge in [0, 0.05) is 48.4 Å². The Morgan fingerprint density at radius 1 is 1.12 bits per heavy atom. The molecule has 0 aliphatic rings. The van der Waals surface area contributed by atoms with E-state index in [4.69, 9.17) is 0 Å². The lowest BCUT2D eigenvalue weighted by molar-refractivity contribution is -0.130. The van der Waals surface area contributed by atoms with Crippen molar-refractivity contribution in [3.8, 4) is 0 Å². The van der Waals surface area contributed by atoms with E-state index in [1.165, 1.54) is 17.0 Å². The fourth-order valence-electron chi connectivity index (χ4n) is 3.13. The van der Waals surface area contributed by atoms with Crippen molar-refractivity contribution in [3.63, 3.8) is 0 Å². The number of aryl methyl sites for hydroxylation is 2. The standard InChI is InChI=1S/C20H23N3O2/c1-14-7-6-10-20(25)23(14)12-11-19(24)22(3)13-18-15(2)16-8-4-5-9-17(16)21-18/h4-10,21H,11-13H2,1-3H3. The van der Waals surface area contributed by atoms with Gasteiger partial charge in [-0.05, 0) is 31.5 Å². The van der Waals surface area contributed by atoms with Crippen LogP contribution in [0.3, 0.4) is 0 Å². The second kappa shape index (κ2) is 6.97. The molecule has 0 bridgehead atoms. The van der Waals surface area contributed by atoms with Gasteiger partial charge in [-0.1, -0.05) is 24.3 Å². The van der Waals surface area contributed by atoms with E-state index in [2.05, 4.69) is 18.0 Å². The molecule has 130 valence electrons. The van der Waals surface area contributed by atoms with Crippen LogP contribution in [0.5, 0.6) is 0 Å². The summed E-state index contributed by atoms with van der Waals surface area (Å²) in [5, 5.41) is 1.19. The average Bonchev–Trinajstić information content (AvgIpc) is 2.90. The Labute approximate surface area is 146 Å². The number of para-hydroxylation sites is 1. The summed E-state index contributed by atoms with van der Waals surface area (Å²) in [4.78, 5) is 29.5. The number of carbonyl (C=O) groups excluding carboxylic acids is 1. The molecule has 2 heterocycles. The van der Waals surface area contributed by atoms with Gasteiger partial charge in [-0.2, -0.15) is 0 Å². The summed E-state index contributed by atoms with van der Waals surface area (Å²) >= 11 is 0. The highest BCUT2D eigenvalue weighted by atomic mass is 16.2. The van der Waals surface area contributed by atoms with Crippen molar-refractivity contribution in [2.75, 3.05) is 7.05 Å². The maximum absolute atomic E-state index is 12.5. The molecule has 5 heteroatoms. The lowest BCUT2D eigenvalue weighted by atomic mass is 10.1. The topological polar surface area (TPSA) is 58.1 Å². The molecule has 0 saturated heterocycles. The average molecular weight is 337 g/mol. The van der Waals surface area contributed by atoms with Crippen LogP contribution >= 0.6 is 0 Å². The number of nitrogens with one attached hydrogen (secondary N) is 1. The molecule has 1 N–H and O–H groups in total. The number of benzene rings is 1. The summed E-state index contributed by atoms with van der Waals surface area (Å²) in [6.07, 6.45) is 0.306. The van der Waals surface area contributed by atoms with E-state index in [9.17, 15) is 9.59 Å². The Kier molecular flexibility index (Phi) is 4.74. The molecule has 0 spiro atoms. The lowest BCUT2D eigenvalue weighted by Crippen LogP contribution is -2.29. The Hall–Kier alpha value is -2.82. The van der Waals surface area contributed by atoms with Crippen LogP contribution < -0.4 is 5.56 Å². The normalized spacial score (nSPS) is 11.0. The van der Waals surface area contributed by atoms with Gasteiger partial charge in [0.1, 0.15) is 0 Å². The first-order chi connectivity index (χ1) is 12.0. The number of amides is 1. The molecule has 1 amide bonds. The van der Waals surface area contributed by atoms with Gasteiger partial charge in [-0.25, -0.2) is 0 Å². The minimum atomic E-state index is -0.0677. The molecule has 0 aliphatic carbocycles. The van der Waals surface area contributed by atoms with E-state index >= 15 is 0 Å². The zero-order valence-electron chi connectivity index (χ0n) is 14.9. The van der Waals surface area contributed by atoms with Gasteiger partial charge >= 0.3 is 0 Å². The molecular formula is C20H23N3O2. The third-order valence-corrected chi connectivity index (χ3v) is 4.71. The SMILES string of the molecule is Cc1c(CN(C)C(=O)CCn2c(C)cccc2=O)[nH]c2ccccc12. The van der Waals surface area contributed by atoms with Crippen molar-refractivity contribution in [1.82, 2.24) is 14.5 Å². The quantitative estimate of drug-likeness (QED) is 0.778. The molecule has 3 rings (SSSR count). The van der Waals surface area contributed by atoms with Crippen molar-refractivity contribution in [3.05, 3.63) is 69.8 Å². The van der Waals surface area contributed by atoms with Gasteiger partial charge in [-0.15, -0.1) is 0 Å². The Balaban J connectivity index is 1.68. The van der Waals surface area contributed by atoms with Crippen molar-refractivity contribution >= 4 is 16.8 Å². The predicted octanol–water partition coefficient (Wildman–Crippen LogP) is 3.00. The van der Waals surface area contributed by atoms with E-state index in [-0.39, 0.29) is 11.5 Å². The fourth-order valence-corrected chi connectivity index (χ4v) is 3.13. The molecule has 3 aromatic rings. The highest BCUT2D eigenvalue weighted by Gasteiger charge is 2.14. The van der Waals surface area contributed by atoms with Gasteiger partial charge in [-0.3, -0.25) is 9.59 Å². The van der Waals surface area contributed by atoms with Crippen LogP contribution in [0.4, 0.5) is 0 Å². The van der Waals surface area contributed by atoms with Crippen LogP contribution in [-0.2, 0) is 17.9 Å². The molecule has 5 nitrogen and oxygen atoms in total. The molecule has 0 fully saturated rings. The molecular weight excluding hydrogens is 314 g/mol. The van der Waals surface area contributed by atoms with Crippen LogP contribution in [0.25, 0.3) is 10.9 Å². The highest BCUT2D eigenvalue weighted by molar-refractivity contribution is 5.84. The summed E-state index contributed by atoms with van der Waals surface area (Å²) in [5.41, 5.74) is 4.11. The van der Waals surface area contributed by atoms with Crippen molar-refractivity contribution in [2.45, 2.75) is 33.4 Å². The van der Waals surface area contributed by atoms with Crippen LogP contribution in [0.15, 0.2) is 47.3 Å². The third-order valence-electron chi connectivity index (χ3n) is 4.71. The zero-order chi connectivity index (χ0) is 18.0. The molecule has 0 unspecified atom stereocenters. The van der Waals surface area contributed by atoms with Crippen LogP contribution in [-0.4, -0.2) is 27.4 Å². The first-order valence-electron chi connectivity index (χ1n) is 8.44. The van der Waals surface area contributed by atoms with Gasteiger partial charge < -0.3 is 14.5 Å². The largest absolute Gasteiger partial charge is 0.357 e. The maximum atomic E-state index is 12.5. The van der Waals surface area contributed by atoms with Crippen molar-refractivity contribution in [1.29, 1.82) is 0 Å². The molecule has 1 aromatic carbocycles. The molecule has 0 aliphatic heterocycles. The van der Waals surface area contributed by atoms with Crippen molar-refractivity contribution < 1.29 is 4.79 Å². The summed E-state index contributed by atoms with van der Waals surface area (Å²) < 4.78 is 1.64. The maximum Gasteiger partial charge on any atom is 0.250 e. The number of hydrogen-bond acceptors (Lipinski definition) is 2. The zero-order valence-corrected chi connectivity index (χ0v) is 14.9. The molecule has 0 radical (unpaired) electrons. The summed E-state index contributed by atoms with van der Waals surface area (Å²) in [5.74, 6) is 0.0215. The number of aromatic amines is 1. The van der Waals surface area contributed by atoms with E-state index in [0.29, 0.717) is 19.5 Å². The predicted molar refractivity (Wildman–Crippen MR) is 99.6 cm³/mol. The first-order valence-corrected chi connectivity index (χ1v) is 8.44. The first kappa shape index (κ1) is 17.0.